The summed E-state index contributed by atoms with van der Waals surface area (Å²) in [5.41, 5.74) is 0. The van der Waals surface area contributed by atoms with Gasteiger partial charge in [0.1, 0.15) is 0 Å². The van der Waals surface area contributed by atoms with Gasteiger partial charge in [0.25, 0.3) is 0 Å². The Hall–Kier alpha value is -1.15. The van der Waals surface area contributed by atoms with Crippen molar-refractivity contribution in [2.45, 2.75) is 32.7 Å². The molecule has 1 unspecified atom stereocenters. The Morgan fingerprint density at radius 2 is 1.86 bits per heavy atom. The molecule has 1 saturated heterocycles. The van der Waals surface area contributed by atoms with Crippen LogP contribution in [0.3, 0.4) is 0 Å². The summed E-state index contributed by atoms with van der Waals surface area (Å²) >= 11 is 0. The SMILES string of the molecule is CCN(CC)CCCNC(=O)C(=O)NC1CCS(=O)(=O)C1. The van der Waals surface area contributed by atoms with Gasteiger partial charge in [-0.05, 0) is 32.5 Å². The van der Waals surface area contributed by atoms with E-state index in [1.54, 1.807) is 0 Å². The van der Waals surface area contributed by atoms with Gasteiger partial charge in [-0.3, -0.25) is 9.59 Å². The molecule has 21 heavy (non-hydrogen) atoms. The van der Waals surface area contributed by atoms with Crippen LogP contribution >= 0.6 is 0 Å². The van der Waals surface area contributed by atoms with Crippen molar-refractivity contribution in [1.29, 1.82) is 0 Å². The number of nitrogens with zero attached hydrogens (tertiary/aromatic N) is 1. The normalized spacial score (nSPS) is 20.4. The zero-order chi connectivity index (χ0) is 15.9. The lowest BCUT2D eigenvalue weighted by atomic mass is 10.2. The summed E-state index contributed by atoms with van der Waals surface area (Å²) in [5.74, 6) is -1.45. The number of carbonyl (C=O) groups is 2. The number of sulfone groups is 1. The Kier molecular flexibility index (Phi) is 7.10. The average molecular weight is 319 g/mol. The summed E-state index contributed by atoms with van der Waals surface area (Å²) in [5, 5.41) is 5.02. The minimum absolute atomic E-state index is 0.0729. The molecule has 0 bridgehead atoms. The molecule has 7 nitrogen and oxygen atoms in total. The standard InChI is InChI=1S/C13H25N3O4S/c1-3-16(4-2)8-5-7-14-12(17)13(18)15-11-6-9-21(19,20)10-11/h11H,3-10H2,1-2H3,(H,14,17)(H,15,18). The van der Waals surface area contributed by atoms with Gasteiger partial charge >= 0.3 is 11.8 Å². The molecule has 1 heterocycles. The lowest BCUT2D eigenvalue weighted by molar-refractivity contribution is -0.139. The Morgan fingerprint density at radius 3 is 2.38 bits per heavy atom. The molecule has 1 fully saturated rings. The van der Waals surface area contributed by atoms with E-state index in [1.807, 2.05) is 0 Å². The van der Waals surface area contributed by atoms with Crippen LogP contribution in [0, 0.1) is 0 Å². The minimum atomic E-state index is -3.06. The van der Waals surface area contributed by atoms with Gasteiger partial charge < -0.3 is 15.5 Å². The predicted octanol–water partition coefficient (Wildman–Crippen LogP) is -0.862. The van der Waals surface area contributed by atoms with Crippen molar-refractivity contribution >= 4 is 21.7 Å². The number of hydrogen-bond donors (Lipinski definition) is 2. The van der Waals surface area contributed by atoms with E-state index in [4.69, 9.17) is 0 Å². The third-order valence-corrected chi connectivity index (χ3v) is 5.37. The lowest BCUT2D eigenvalue weighted by Crippen LogP contribution is -2.45. The Labute approximate surface area is 126 Å². The van der Waals surface area contributed by atoms with Crippen LogP contribution in [0.1, 0.15) is 26.7 Å². The summed E-state index contributed by atoms with van der Waals surface area (Å²) in [7, 11) is -3.06. The van der Waals surface area contributed by atoms with Gasteiger partial charge in [-0.1, -0.05) is 13.8 Å². The molecule has 0 aromatic carbocycles. The van der Waals surface area contributed by atoms with E-state index in [9.17, 15) is 18.0 Å². The molecule has 1 rings (SSSR count). The van der Waals surface area contributed by atoms with Gasteiger partial charge in [0, 0.05) is 12.6 Å². The second kappa shape index (κ2) is 8.33. The van der Waals surface area contributed by atoms with E-state index >= 15 is 0 Å². The maximum Gasteiger partial charge on any atom is 0.309 e. The quantitative estimate of drug-likeness (QED) is 0.470. The van der Waals surface area contributed by atoms with Crippen molar-refractivity contribution < 1.29 is 18.0 Å². The van der Waals surface area contributed by atoms with E-state index in [0.29, 0.717) is 13.0 Å². The first-order chi connectivity index (χ1) is 9.88. The number of carbonyl (C=O) groups excluding carboxylic acids is 2. The summed E-state index contributed by atoms with van der Waals surface area (Å²) in [4.78, 5) is 25.4. The van der Waals surface area contributed by atoms with Crippen molar-refractivity contribution in [1.82, 2.24) is 15.5 Å². The molecule has 2 N–H and O–H groups in total. The van der Waals surface area contributed by atoms with E-state index in [0.717, 1.165) is 26.1 Å². The monoisotopic (exact) mass is 319 g/mol. The van der Waals surface area contributed by atoms with Gasteiger partial charge in [0.15, 0.2) is 9.84 Å². The third-order valence-electron chi connectivity index (χ3n) is 3.60. The highest BCUT2D eigenvalue weighted by atomic mass is 32.2. The van der Waals surface area contributed by atoms with Crippen molar-refractivity contribution in [3.05, 3.63) is 0 Å². The van der Waals surface area contributed by atoms with Crippen LogP contribution < -0.4 is 10.6 Å². The lowest BCUT2D eigenvalue weighted by Gasteiger charge is -2.17. The van der Waals surface area contributed by atoms with Gasteiger partial charge in [0.05, 0.1) is 11.5 Å². The Balaban J connectivity index is 2.21. The van der Waals surface area contributed by atoms with Crippen LogP contribution in [0.2, 0.25) is 0 Å². The molecule has 1 atom stereocenters. The van der Waals surface area contributed by atoms with Crippen molar-refractivity contribution in [2.75, 3.05) is 37.7 Å². The smallest absolute Gasteiger partial charge is 0.309 e. The third kappa shape index (κ3) is 6.43. The van der Waals surface area contributed by atoms with Crippen LogP contribution in [0.25, 0.3) is 0 Å². The van der Waals surface area contributed by atoms with Crippen LogP contribution in [-0.4, -0.2) is 68.9 Å². The fourth-order valence-corrected chi connectivity index (χ4v) is 3.96. The summed E-state index contributed by atoms with van der Waals surface area (Å²) in [6, 6.07) is -0.441. The van der Waals surface area contributed by atoms with Crippen LogP contribution in [0.4, 0.5) is 0 Å². The Bertz CT molecular complexity index is 460. The molecular weight excluding hydrogens is 294 g/mol. The molecule has 0 aliphatic carbocycles. The molecule has 1 aliphatic heterocycles. The highest BCUT2D eigenvalue weighted by Crippen LogP contribution is 2.10. The molecule has 0 saturated carbocycles. The summed E-state index contributed by atoms with van der Waals surface area (Å²) in [6.45, 7) is 7.38. The maximum atomic E-state index is 11.6. The zero-order valence-electron chi connectivity index (χ0n) is 12.7. The number of amides is 2. The Morgan fingerprint density at radius 1 is 1.19 bits per heavy atom. The van der Waals surface area contributed by atoms with Crippen LogP contribution in [0.15, 0.2) is 0 Å². The first kappa shape index (κ1) is 17.9. The second-order valence-electron chi connectivity index (χ2n) is 5.21. The van der Waals surface area contributed by atoms with Gasteiger partial charge in [-0.15, -0.1) is 0 Å². The first-order valence-electron chi connectivity index (χ1n) is 7.39. The van der Waals surface area contributed by atoms with Crippen LogP contribution in [0.5, 0.6) is 0 Å². The number of rotatable bonds is 7. The molecule has 0 spiro atoms. The second-order valence-corrected chi connectivity index (χ2v) is 7.44. The van der Waals surface area contributed by atoms with E-state index < -0.39 is 27.7 Å². The number of nitrogens with one attached hydrogen (secondary N) is 2. The molecule has 1 aliphatic rings. The largest absolute Gasteiger partial charge is 0.348 e. The molecule has 0 aromatic rings. The summed E-state index contributed by atoms with van der Waals surface area (Å²) in [6.07, 6.45) is 1.15. The molecule has 2 amide bonds. The van der Waals surface area contributed by atoms with Gasteiger partial charge in [-0.25, -0.2) is 8.42 Å². The highest BCUT2D eigenvalue weighted by Gasteiger charge is 2.30. The van der Waals surface area contributed by atoms with Crippen molar-refractivity contribution in [3.8, 4) is 0 Å². The molecular formula is C13H25N3O4S. The molecule has 122 valence electrons. The summed E-state index contributed by atoms with van der Waals surface area (Å²) < 4.78 is 22.5. The zero-order valence-corrected chi connectivity index (χ0v) is 13.5. The van der Waals surface area contributed by atoms with E-state index in [-0.39, 0.29) is 11.5 Å². The molecule has 8 heteroatoms. The van der Waals surface area contributed by atoms with E-state index in [2.05, 4.69) is 29.4 Å². The van der Waals surface area contributed by atoms with E-state index in [1.165, 1.54) is 0 Å². The van der Waals surface area contributed by atoms with Gasteiger partial charge in [-0.2, -0.15) is 0 Å². The fraction of sp³-hybridized carbons (Fsp3) is 0.846. The van der Waals surface area contributed by atoms with Crippen molar-refractivity contribution in [2.24, 2.45) is 0 Å². The predicted molar refractivity (Wildman–Crippen MR) is 80.6 cm³/mol. The van der Waals surface area contributed by atoms with Gasteiger partial charge in [0.2, 0.25) is 0 Å². The fourth-order valence-electron chi connectivity index (χ4n) is 2.28. The topological polar surface area (TPSA) is 95.6 Å². The van der Waals surface area contributed by atoms with Crippen molar-refractivity contribution in [3.63, 3.8) is 0 Å². The highest BCUT2D eigenvalue weighted by molar-refractivity contribution is 7.91. The molecule has 0 aromatic heterocycles. The average Bonchev–Trinajstić information content (AvgIpc) is 2.77. The van der Waals surface area contributed by atoms with Crippen LogP contribution in [-0.2, 0) is 19.4 Å². The maximum absolute atomic E-state index is 11.6. The first-order valence-corrected chi connectivity index (χ1v) is 9.21. The minimum Gasteiger partial charge on any atom is -0.348 e. The number of hydrogen-bond acceptors (Lipinski definition) is 5. The molecule has 0 radical (unpaired) electrons.